The van der Waals surface area contributed by atoms with E-state index in [1.54, 1.807) is 10.9 Å². The summed E-state index contributed by atoms with van der Waals surface area (Å²) in [6.07, 6.45) is 8.99. The Bertz CT molecular complexity index is 406. The second kappa shape index (κ2) is 4.63. The number of aromatic nitrogens is 2. The number of carbonyl (C=O) groups excluding carboxylic acids is 1. The third kappa shape index (κ3) is 2.76. The van der Waals surface area contributed by atoms with Crippen molar-refractivity contribution in [2.45, 2.75) is 46.0 Å². The van der Waals surface area contributed by atoms with Gasteiger partial charge in [-0.05, 0) is 23.8 Å². The van der Waals surface area contributed by atoms with Gasteiger partial charge in [0.1, 0.15) is 5.78 Å². The summed E-state index contributed by atoms with van der Waals surface area (Å²) < 4.78 is 1.76. The zero-order chi connectivity index (χ0) is 12.5. The van der Waals surface area contributed by atoms with E-state index in [2.05, 4.69) is 18.9 Å². The first-order valence-electron chi connectivity index (χ1n) is 6.49. The van der Waals surface area contributed by atoms with Gasteiger partial charge in [-0.3, -0.25) is 9.48 Å². The first kappa shape index (κ1) is 12.3. The van der Waals surface area contributed by atoms with E-state index in [0.717, 1.165) is 12.0 Å². The van der Waals surface area contributed by atoms with Crippen molar-refractivity contribution in [1.29, 1.82) is 0 Å². The van der Waals surface area contributed by atoms with E-state index >= 15 is 0 Å². The summed E-state index contributed by atoms with van der Waals surface area (Å²) >= 11 is 0. The molecule has 0 bridgehead atoms. The Labute approximate surface area is 103 Å². The molecule has 1 aliphatic carbocycles. The molecule has 2 rings (SSSR count). The second-order valence-electron chi connectivity index (χ2n) is 5.95. The molecular weight excluding hydrogens is 212 g/mol. The van der Waals surface area contributed by atoms with Crippen LogP contribution in [-0.2, 0) is 18.3 Å². The Morgan fingerprint density at radius 3 is 2.88 bits per heavy atom. The molecule has 1 unspecified atom stereocenters. The maximum Gasteiger partial charge on any atom is 0.140 e. The minimum atomic E-state index is 0.178. The lowest BCUT2D eigenvalue weighted by molar-refractivity contribution is -0.127. The van der Waals surface area contributed by atoms with Crippen LogP contribution in [0.1, 0.15) is 45.1 Å². The van der Waals surface area contributed by atoms with Crippen LogP contribution in [0.2, 0.25) is 0 Å². The van der Waals surface area contributed by atoms with Crippen LogP contribution in [0.15, 0.2) is 12.4 Å². The number of rotatable bonds is 3. The molecule has 94 valence electrons. The average molecular weight is 234 g/mol. The van der Waals surface area contributed by atoms with Crippen LogP contribution in [0.3, 0.4) is 0 Å². The van der Waals surface area contributed by atoms with Gasteiger partial charge in [0.2, 0.25) is 0 Å². The molecule has 1 saturated carbocycles. The number of Topliss-reactive ketones (excluding diaryl/α,β-unsaturated/α-hetero) is 1. The molecule has 1 heterocycles. The van der Waals surface area contributed by atoms with Gasteiger partial charge in [-0.2, -0.15) is 5.10 Å². The number of hydrogen-bond acceptors (Lipinski definition) is 2. The van der Waals surface area contributed by atoms with E-state index < -0.39 is 0 Å². The fourth-order valence-corrected chi connectivity index (χ4v) is 2.98. The van der Waals surface area contributed by atoms with Crippen molar-refractivity contribution in [3.63, 3.8) is 0 Å². The maximum absolute atomic E-state index is 12.4. The summed E-state index contributed by atoms with van der Waals surface area (Å²) in [6, 6.07) is 0. The first-order valence-corrected chi connectivity index (χ1v) is 6.49. The molecule has 0 aromatic carbocycles. The van der Waals surface area contributed by atoms with Gasteiger partial charge in [-0.25, -0.2) is 0 Å². The third-order valence-electron chi connectivity index (χ3n) is 4.03. The Hall–Kier alpha value is -1.12. The fourth-order valence-electron chi connectivity index (χ4n) is 2.98. The number of carbonyl (C=O) groups is 1. The largest absolute Gasteiger partial charge is 0.299 e. The molecule has 1 fully saturated rings. The minimum Gasteiger partial charge on any atom is -0.299 e. The molecule has 0 spiro atoms. The molecule has 3 nitrogen and oxygen atoms in total. The van der Waals surface area contributed by atoms with Gasteiger partial charge < -0.3 is 0 Å². The van der Waals surface area contributed by atoms with Gasteiger partial charge >= 0.3 is 0 Å². The summed E-state index contributed by atoms with van der Waals surface area (Å²) in [5, 5.41) is 4.12. The smallest absolute Gasteiger partial charge is 0.140 e. The van der Waals surface area contributed by atoms with Crippen molar-refractivity contribution in [3.05, 3.63) is 18.0 Å². The molecule has 0 aliphatic heterocycles. The molecule has 0 radical (unpaired) electrons. The first-order chi connectivity index (χ1) is 7.99. The van der Waals surface area contributed by atoms with Crippen molar-refractivity contribution >= 4 is 5.78 Å². The van der Waals surface area contributed by atoms with Crippen LogP contribution in [-0.4, -0.2) is 15.6 Å². The Balaban J connectivity index is 2.04. The van der Waals surface area contributed by atoms with Crippen molar-refractivity contribution in [2.75, 3.05) is 0 Å². The molecular formula is C14H22N2O. The predicted octanol–water partition coefficient (Wildman–Crippen LogP) is 2.75. The lowest BCUT2D eigenvalue weighted by atomic mass is 9.66. The molecule has 1 atom stereocenters. The van der Waals surface area contributed by atoms with Gasteiger partial charge in [-0.15, -0.1) is 0 Å². The molecule has 1 aromatic heterocycles. The van der Waals surface area contributed by atoms with Gasteiger partial charge in [-0.1, -0.05) is 26.7 Å². The summed E-state index contributed by atoms with van der Waals surface area (Å²) in [6.45, 7) is 4.47. The quantitative estimate of drug-likeness (QED) is 0.806. The molecule has 1 aliphatic rings. The van der Waals surface area contributed by atoms with Crippen LogP contribution in [0.5, 0.6) is 0 Å². The molecule has 1 aromatic rings. The molecule has 3 heteroatoms. The van der Waals surface area contributed by atoms with Gasteiger partial charge in [0, 0.05) is 25.6 Å². The van der Waals surface area contributed by atoms with Gasteiger partial charge in [0.25, 0.3) is 0 Å². The Kier molecular flexibility index (Phi) is 3.36. The lowest BCUT2D eigenvalue weighted by Crippen LogP contribution is -2.34. The zero-order valence-electron chi connectivity index (χ0n) is 11.1. The number of aryl methyl sites for hydroxylation is 1. The van der Waals surface area contributed by atoms with Crippen LogP contribution < -0.4 is 0 Å². The van der Waals surface area contributed by atoms with Crippen LogP contribution in [0.4, 0.5) is 0 Å². The number of nitrogens with zero attached hydrogens (tertiary/aromatic N) is 2. The summed E-state index contributed by atoms with van der Waals surface area (Å²) in [5.74, 6) is 0.624. The van der Waals surface area contributed by atoms with E-state index in [9.17, 15) is 4.79 Å². The summed E-state index contributed by atoms with van der Waals surface area (Å²) in [4.78, 5) is 12.4. The normalized spacial score (nSPS) is 23.6. The van der Waals surface area contributed by atoms with E-state index in [0.29, 0.717) is 12.2 Å². The maximum atomic E-state index is 12.4. The van der Waals surface area contributed by atoms with Crippen molar-refractivity contribution in [1.82, 2.24) is 9.78 Å². The predicted molar refractivity (Wildman–Crippen MR) is 67.7 cm³/mol. The van der Waals surface area contributed by atoms with Crippen molar-refractivity contribution in [2.24, 2.45) is 18.4 Å². The SMILES string of the molecule is Cn1cc(CC(=O)C2CCCCC2(C)C)cn1. The second-order valence-corrected chi connectivity index (χ2v) is 5.95. The highest BCUT2D eigenvalue weighted by Gasteiger charge is 2.36. The fraction of sp³-hybridized carbons (Fsp3) is 0.714. The number of ketones is 1. The third-order valence-corrected chi connectivity index (χ3v) is 4.03. The average Bonchev–Trinajstić information content (AvgIpc) is 2.63. The lowest BCUT2D eigenvalue weighted by Gasteiger charge is -2.37. The van der Waals surface area contributed by atoms with E-state index in [4.69, 9.17) is 0 Å². The van der Waals surface area contributed by atoms with Crippen LogP contribution in [0, 0.1) is 11.3 Å². The Morgan fingerprint density at radius 1 is 1.53 bits per heavy atom. The Morgan fingerprint density at radius 2 is 2.29 bits per heavy atom. The van der Waals surface area contributed by atoms with E-state index in [1.165, 1.54) is 19.3 Å². The molecule has 0 N–H and O–H groups in total. The monoisotopic (exact) mass is 234 g/mol. The summed E-state index contributed by atoms with van der Waals surface area (Å²) in [5.41, 5.74) is 1.22. The van der Waals surface area contributed by atoms with E-state index in [1.807, 2.05) is 13.2 Å². The van der Waals surface area contributed by atoms with Crippen molar-refractivity contribution in [3.8, 4) is 0 Å². The van der Waals surface area contributed by atoms with Gasteiger partial charge in [0.05, 0.1) is 6.20 Å². The highest BCUT2D eigenvalue weighted by molar-refractivity contribution is 5.83. The topological polar surface area (TPSA) is 34.9 Å². The van der Waals surface area contributed by atoms with Gasteiger partial charge in [0.15, 0.2) is 0 Å². The molecule has 0 saturated heterocycles. The summed E-state index contributed by atoms with van der Waals surface area (Å²) in [7, 11) is 1.89. The zero-order valence-corrected chi connectivity index (χ0v) is 11.1. The molecule has 17 heavy (non-hydrogen) atoms. The number of hydrogen-bond donors (Lipinski definition) is 0. The van der Waals surface area contributed by atoms with E-state index in [-0.39, 0.29) is 11.3 Å². The van der Waals surface area contributed by atoms with Crippen molar-refractivity contribution < 1.29 is 4.79 Å². The highest BCUT2D eigenvalue weighted by atomic mass is 16.1. The standard InChI is InChI=1S/C14H22N2O/c1-14(2)7-5-4-6-12(14)13(17)8-11-9-15-16(3)10-11/h9-10,12H,4-8H2,1-3H3. The van der Waals surface area contributed by atoms with Crippen LogP contribution >= 0.6 is 0 Å². The van der Waals surface area contributed by atoms with Crippen LogP contribution in [0.25, 0.3) is 0 Å². The minimum absolute atomic E-state index is 0.178. The highest BCUT2D eigenvalue weighted by Crippen LogP contribution is 2.41. The molecule has 0 amide bonds.